The Kier molecular flexibility index (Phi) is 2.84. The number of rotatable bonds is 2. The Morgan fingerprint density at radius 2 is 2.46 bits per heavy atom. The lowest BCUT2D eigenvalue weighted by Gasteiger charge is -2.23. The summed E-state index contributed by atoms with van der Waals surface area (Å²) in [5, 5.41) is 0. The average molecular weight is 196 g/mol. The van der Waals surface area contributed by atoms with Crippen molar-refractivity contribution in [3.05, 3.63) is 29.6 Å². The van der Waals surface area contributed by atoms with E-state index in [4.69, 9.17) is 11.6 Å². The van der Waals surface area contributed by atoms with Crippen LogP contribution in [0.4, 0.5) is 0 Å². The second kappa shape index (κ2) is 4.10. The number of halogens is 1. The minimum Gasteiger partial charge on any atom is -0.261 e. The third-order valence-corrected chi connectivity index (χ3v) is 2.99. The largest absolute Gasteiger partial charge is 0.261 e. The summed E-state index contributed by atoms with van der Waals surface area (Å²) < 4.78 is 0. The van der Waals surface area contributed by atoms with E-state index >= 15 is 0 Å². The summed E-state index contributed by atoms with van der Waals surface area (Å²) in [5.41, 5.74) is 2.73. The van der Waals surface area contributed by atoms with Crippen LogP contribution in [0.5, 0.6) is 0 Å². The number of aryl methyl sites for hydroxylation is 1. The highest BCUT2D eigenvalue weighted by Crippen LogP contribution is 2.32. The summed E-state index contributed by atoms with van der Waals surface area (Å²) in [6.07, 6.45) is 6.72. The van der Waals surface area contributed by atoms with Crippen LogP contribution in [-0.2, 0) is 6.42 Å². The van der Waals surface area contributed by atoms with Crippen LogP contribution in [0.2, 0.25) is 0 Å². The molecule has 1 heterocycles. The quantitative estimate of drug-likeness (QED) is 0.661. The molecule has 1 aliphatic carbocycles. The van der Waals surface area contributed by atoms with Gasteiger partial charge in [-0.15, -0.1) is 11.6 Å². The van der Waals surface area contributed by atoms with Crippen molar-refractivity contribution in [3.8, 4) is 0 Å². The highest BCUT2D eigenvalue weighted by molar-refractivity contribution is 6.17. The minimum absolute atomic E-state index is 0.613. The number of hydrogen-bond acceptors (Lipinski definition) is 1. The van der Waals surface area contributed by atoms with Crippen molar-refractivity contribution in [2.75, 3.05) is 5.88 Å². The fourth-order valence-electron chi connectivity index (χ4n) is 2.12. The van der Waals surface area contributed by atoms with E-state index in [1.807, 2.05) is 12.3 Å². The second-order valence-corrected chi connectivity index (χ2v) is 3.99. The van der Waals surface area contributed by atoms with E-state index in [0.717, 1.165) is 12.3 Å². The van der Waals surface area contributed by atoms with Gasteiger partial charge in [0.05, 0.1) is 0 Å². The summed E-state index contributed by atoms with van der Waals surface area (Å²) in [7, 11) is 0. The molecule has 2 heteroatoms. The van der Waals surface area contributed by atoms with E-state index in [0.29, 0.717) is 5.92 Å². The Morgan fingerprint density at radius 1 is 1.54 bits per heavy atom. The molecule has 0 saturated carbocycles. The van der Waals surface area contributed by atoms with Crippen molar-refractivity contribution in [1.29, 1.82) is 0 Å². The van der Waals surface area contributed by atoms with Crippen molar-refractivity contribution in [1.82, 2.24) is 4.98 Å². The van der Waals surface area contributed by atoms with Crippen LogP contribution < -0.4 is 0 Å². The van der Waals surface area contributed by atoms with E-state index < -0.39 is 0 Å². The van der Waals surface area contributed by atoms with Crippen LogP contribution in [0, 0.1) is 0 Å². The second-order valence-electron chi connectivity index (χ2n) is 3.61. The molecule has 0 amide bonds. The van der Waals surface area contributed by atoms with Crippen molar-refractivity contribution in [2.24, 2.45) is 0 Å². The molecule has 0 saturated heterocycles. The van der Waals surface area contributed by atoms with Gasteiger partial charge in [-0.25, -0.2) is 0 Å². The van der Waals surface area contributed by atoms with Gasteiger partial charge < -0.3 is 0 Å². The molecule has 1 aromatic rings. The maximum absolute atomic E-state index is 5.77. The van der Waals surface area contributed by atoms with Crippen molar-refractivity contribution in [3.63, 3.8) is 0 Å². The highest BCUT2D eigenvalue weighted by atomic mass is 35.5. The van der Waals surface area contributed by atoms with Gasteiger partial charge in [0.15, 0.2) is 0 Å². The fraction of sp³-hybridized carbons (Fsp3) is 0.545. The molecule has 0 aromatic carbocycles. The number of pyridine rings is 1. The maximum Gasteiger partial charge on any atom is 0.0466 e. The fourth-order valence-corrected chi connectivity index (χ4v) is 2.38. The number of nitrogens with zero attached hydrogens (tertiary/aromatic N) is 1. The van der Waals surface area contributed by atoms with Crippen LogP contribution in [0.1, 0.15) is 36.4 Å². The van der Waals surface area contributed by atoms with E-state index in [-0.39, 0.29) is 0 Å². The molecule has 2 rings (SSSR count). The zero-order valence-electron chi connectivity index (χ0n) is 7.67. The Hall–Kier alpha value is -0.560. The first-order valence-corrected chi connectivity index (χ1v) is 5.45. The third-order valence-electron chi connectivity index (χ3n) is 2.77. The molecule has 0 spiro atoms. The summed E-state index contributed by atoms with van der Waals surface area (Å²) in [6.45, 7) is 0. The van der Waals surface area contributed by atoms with Crippen molar-refractivity contribution in [2.45, 2.75) is 31.6 Å². The topological polar surface area (TPSA) is 12.9 Å². The summed E-state index contributed by atoms with van der Waals surface area (Å²) >= 11 is 5.77. The van der Waals surface area contributed by atoms with Crippen LogP contribution in [0.25, 0.3) is 0 Å². The Balaban J connectivity index is 2.26. The summed E-state index contributed by atoms with van der Waals surface area (Å²) in [6, 6.07) is 4.23. The molecular formula is C11H14ClN. The van der Waals surface area contributed by atoms with E-state index in [1.54, 1.807) is 0 Å². The zero-order chi connectivity index (χ0) is 9.10. The molecule has 1 aliphatic rings. The van der Waals surface area contributed by atoms with Gasteiger partial charge in [-0.3, -0.25) is 4.98 Å². The van der Waals surface area contributed by atoms with Crippen LogP contribution in [0.3, 0.4) is 0 Å². The van der Waals surface area contributed by atoms with Crippen molar-refractivity contribution >= 4 is 11.6 Å². The Bertz CT molecular complexity index is 285. The molecule has 0 bridgehead atoms. The standard InChI is InChI=1S/C11H14ClN/c12-7-6-10-4-1-3-9-5-2-8-13-11(9)10/h2,5,8,10H,1,3-4,6-7H2. The molecule has 1 unspecified atom stereocenters. The van der Waals surface area contributed by atoms with E-state index in [2.05, 4.69) is 11.1 Å². The van der Waals surface area contributed by atoms with E-state index in [9.17, 15) is 0 Å². The van der Waals surface area contributed by atoms with Gasteiger partial charge in [0, 0.05) is 23.7 Å². The molecule has 0 fully saturated rings. The Labute approximate surface area is 84.1 Å². The van der Waals surface area contributed by atoms with E-state index in [1.165, 1.54) is 30.5 Å². The van der Waals surface area contributed by atoms with Gasteiger partial charge in [0.2, 0.25) is 0 Å². The van der Waals surface area contributed by atoms with Crippen LogP contribution >= 0.6 is 11.6 Å². The smallest absolute Gasteiger partial charge is 0.0466 e. The van der Waals surface area contributed by atoms with Crippen molar-refractivity contribution < 1.29 is 0 Å². The SMILES string of the molecule is ClCCC1CCCc2cccnc21. The molecule has 70 valence electrons. The Morgan fingerprint density at radius 3 is 3.31 bits per heavy atom. The van der Waals surface area contributed by atoms with Gasteiger partial charge in [0.25, 0.3) is 0 Å². The lowest BCUT2D eigenvalue weighted by atomic mass is 9.85. The molecule has 0 aliphatic heterocycles. The summed E-state index contributed by atoms with van der Waals surface area (Å²) in [5.74, 6) is 1.36. The molecule has 1 aromatic heterocycles. The zero-order valence-corrected chi connectivity index (χ0v) is 8.43. The normalized spacial score (nSPS) is 21.2. The lowest BCUT2D eigenvalue weighted by Crippen LogP contribution is -2.12. The van der Waals surface area contributed by atoms with Gasteiger partial charge >= 0.3 is 0 Å². The van der Waals surface area contributed by atoms with Crippen LogP contribution in [-0.4, -0.2) is 10.9 Å². The monoisotopic (exact) mass is 195 g/mol. The molecule has 0 radical (unpaired) electrons. The number of aromatic nitrogens is 1. The molecular weight excluding hydrogens is 182 g/mol. The summed E-state index contributed by atoms with van der Waals surface area (Å²) in [4.78, 5) is 4.46. The van der Waals surface area contributed by atoms with Crippen LogP contribution in [0.15, 0.2) is 18.3 Å². The molecule has 1 nitrogen and oxygen atoms in total. The van der Waals surface area contributed by atoms with Gasteiger partial charge in [-0.2, -0.15) is 0 Å². The lowest BCUT2D eigenvalue weighted by molar-refractivity contribution is 0.527. The van der Waals surface area contributed by atoms with Gasteiger partial charge in [-0.05, 0) is 37.3 Å². The third kappa shape index (κ3) is 1.86. The van der Waals surface area contributed by atoms with Gasteiger partial charge in [-0.1, -0.05) is 6.07 Å². The first-order chi connectivity index (χ1) is 6.42. The highest BCUT2D eigenvalue weighted by Gasteiger charge is 2.20. The first-order valence-electron chi connectivity index (χ1n) is 4.91. The number of hydrogen-bond donors (Lipinski definition) is 0. The minimum atomic E-state index is 0.613. The number of fused-ring (bicyclic) bond motifs is 1. The molecule has 13 heavy (non-hydrogen) atoms. The average Bonchev–Trinajstić information content (AvgIpc) is 2.19. The number of alkyl halides is 1. The predicted molar refractivity (Wildman–Crippen MR) is 55.3 cm³/mol. The van der Waals surface area contributed by atoms with Gasteiger partial charge in [0.1, 0.15) is 0 Å². The molecule has 1 atom stereocenters. The molecule has 0 N–H and O–H groups in total. The maximum atomic E-state index is 5.77. The first kappa shape index (κ1) is 9.01. The predicted octanol–water partition coefficient (Wildman–Crippen LogP) is 3.13.